The number of anilines is 1. The van der Waals surface area contributed by atoms with E-state index in [1.165, 1.54) is 0 Å². The molecule has 1 atom stereocenters. The minimum absolute atomic E-state index is 0.129. The lowest BCUT2D eigenvalue weighted by Gasteiger charge is -2.13. The number of carbonyl (C=O) groups excluding carboxylic acids is 1. The van der Waals surface area contributed by atoms with Gasteiger partial charge in [0.1, 0.15) is 11.9 Å². The number of aromatic nitrogens is 3. The first-order valence-electron chi connectivity index (χ1n) is 8.48. The summed E-state index contributed by atoms with van der Waals surface area (Å²) in [7, 11) is 0. The molecule has 3 aromatic rings. The predicted molar refractivity (Wildman–Crippen MR) is 95.9 cm³/mol. The third-order valence-electron chi connectivity index (χ3n) is 4.43. The van der Waals surface area contributed by atoms with E-state index in [0.717, 1.165) is 35.0 Å². The highest BCUT2D eigenvalue weighted by atomic mass is 16.5. The fourth-order valence-electron chi connectivity index (χ4n) is 3.19. The van der Waals surface area contributed by atoms with Gasteiger partial charge in [-0.3, -0.25) is 4.79 Å². The summed E-state index contributed by atoms with van der Waals surface area (Å²) < 4.78 is 7.14. The number of nitrogens with zero attached hydrogens (tertiary/aromatic N) is 3. The average molecular weight is 336 g/mol. The van der Waals surface area contributed by atoms with E-state index in [0.29, 0.717) is 18.2 Å². The van der Waals surface area contributed by atoms with Gasteiger partial charge in [0.25, 0.3) is 5.91 Å². The van der Waals surface area contributed by atoms with Crippen molar-refractivity contribution in [3.63, 3.8) is 0 Å². The number of rotatable bonds is 3. The summed E-state index contributed by atoms with van der Waals surface area (Å²) in [5, 5.41) is 8.55. The van der Waals surface area contributed by atoms with Crippen molar-refractivity contribution in [2.45, 2.75) is 32.8 Å². The molecule has 4 rings (SSSR count). The van der Waals surface area contributed by atoms with Crippen molar-refractivity contribution in [3.8, 4) is 5.82 Å². The van der Waals surface area contributed by atoms with Crippen molar-refractivity contribution in [1.82, 2.24) is 14.8 Å². The first-order chi connectivity index (χ1) is 12.1. The second kappa shape index (κ2) is 6.29. The second-order valence-corrected chi connectivity index (χ2v) is 6.39. The molecule has 25 heavy (non-hydrogen) atoms. The molecule has 0 bridgehead atoms. The van der Waals surface area contributed by atoms with E-state index in [2.05, 4.69) is 23.4 Å². The Kier molecular flexibility index (Phi) is 3.97. The maximum absolute atomic E-state index is 12.4. The third kappa shape index (κ3) is 3.00. The molecule has 0 saturated carbocycles. The number of pyridine rings is 1. The van der Waals surface area contributed by atoms with E-state index in [1.807, 2.05) is 37.3 Å². The van der Waals surface area contributed by atoms with Crippen molar-refractivity contribution in [1.29, 1.82) is 0 Å². The minimum atomic E-state index is -0.380. The molecule has 1 N–H and O–H groups in total. The summed E-state index contributed by atoms with van der Waals surface area (Å²) in [6, 6.07) is 11.8. The van der Waals surface area contributed by atoms with Crippen LogP contribution in [0.2, 0.25) is 0 Å². The molecule has 1 fully saturated rings. The molecular weight excluding hydrogens is 316 g/mol. The molecule has 1 amide bonds. The van der Waals surface area contributed by atoms with E-state index in [9.17, 15) is 4.79 Å². The number of ether oxygens (including phenoxy) is 1. The fraction of sp³-hybridized carbons (Fsp3) is 0.316. The van der Waals surface area contributed by atoms with Crippen LogP contribution in [0.5, 0.6) is 0 Å². The monoisotopic (exact) mass is 336 g/mol. The number of amides is 1. The molecule has 0 radical (unpaired) electrons. The van der Waals surface area contributed by atoms with Crippen LogP contribution in [-0.2, 0) is 9.53 Å². The molecule has 128 valence electrons. The van der Waals surface area contributed by atoms with Crippen LogP contribution in [0.25, 0.3) is 16.7 Å². The summed E-state index contributed by atoms with van der Waals surface area (Å²) in [5.74, 6) is 1.17. The highest BCUT2D eigenvalue weighted by Gasteiger charge is 2.25. The van der Waals surface area contributed by atoms with Crippen LogP contribution in [0.4, 0.5) is 5.82 Å². The molecule has 1 aliphatic heterocycles. The molecule has 3 heterocycles. The lowest BCUT2D eigenvalue weighted by Crippen LogP contribution is -2.28. The fourth-order valence-corrected chi connectivity index (χ4v) is 3.19. The number of para-hydroxylation sites is 1. The van der Waals surface area contributed by atoms with E-state index < -0.39 is 0 Å². The predicted octanol–water partition coefficient (Wildman–Crippen LogP) is 3.15. The van der Waals surface area contributed by atoms with Crippen LogP contribution in [0, 0.1) is 13.8 Å². The molecule has 6 heteroatoms. The van der Waals surface area contributed by atoms with Crippen LogP contribution in [0.15, 0.2) is 36.4 Å². The van der Waals surface area contributed by atoms with E-state index in [4.69, 9.17) is 9.72 Å². The van der Waals surface area contributed by atoms with Gasteiger partial charge in [-0.15, -0.1) is 0 Å². The number of benzene rings is 1. The van der Waals surface area contributed by atoms with Crippen LogP contribution >= 0.6 is 0 Å². The third-order valence-corrected chi connectivity index (χ3v) is 4.43. The molecule has 1 saturated heterocycles. The van der Waals surface area contributed by atoms with Crippen molar-refractivity contribution in [2.75, 3.05) is 11.9 Å². The quantitative estimate of drug-likeness (QED) is 0.798. The van der Waals surface area contributed by atoms with Gasteiger partial charge in [-0.2, -0.15) is 9.78 Å². The molecule has 0 aliphatic carbocycles. The van der Waals surface area contributed by atoms with Gasteiger partial charge in [0.05, 0.1) is 11.2 Å². The van der Waals surface area contributed by atoms with Crippen molar-refractivity contribution < 1.29 is 9.53 Å². The Balaban J connectivity index is 1.72. The van der Waals surface area contributed by atoms with Gasteiger partial charge < -0.3 is 10.1 Å². The van der Waals surface area contributed by atoms with Gasteiger partial charge in [0.15, 0.2) is 5.82 Å². The normalized spacial score (nSPS) is 17.1. The zero-order valence-corrected chi connectivity index (χ0v) is 14.3. The van der Waals surface area contributed by atoms with Crippen LogP contribution in [-0.4, -0.2) is 33.4 Å². The van der Waals surface area contributed by atoms with Crippen LogP contribution in [0.1, 0.15) is 24.1 Å². The lowest BCUT2D eigenvalue weighted by molar-refractivity contribution is -0.124. The Morgan fingerprint density at radius 3 is 2.92 bits per heavy atom. The van der Waals surface area contributed by atoms with Gasteiger partial charge in [-0.1, -0.05) is 18.2 Å². The molecule has 1 aliphatic rings. The first kappa shape index (κ1) is 15.8. The van der Waals surface area contributed by atoms with Gasteiger partial charge >= 0.3 is 0 Å². The SMILES string of the molecule is Cc1cc(NC(=O)C2CCCO2)n(-c2cc(C)c3ccccc3n2)n1. The average Bonchev–Trinajstić information content (AvgIpc) is 3.25. The largest absolute Gasteiger partial charge is 0.368 e. The van der Waals surface area contributed by atoms with E-state index in [1.54, 1.807) is 4.68 Å². The molecule has 1 unspecified atom stereocenters. The van der Waals surface area contributed by atoms with Gasteiger partial charge in [-0.25, -0.2) is 4.98 Å². The van der Waals surface area contributed by atoms with E-state index >= 15 is 0 Å². The lowest BCUT2D eigenvalue weighted by atomic mass is 10.1. The van der Waals surface area contributed by atoms with Crippen LogP contribution in [0.3, 0.4) is 0 Å². The molecule has 2 aromatic heterocycles. The van der Waals surface area contributed by atoms with Crippen molar-refractivity contribution in [2.24, 2.45) is 0 Å². The summed E-state index contributed by atoms with van der Waals surface area (Å²) in [4.78, 5) is 17.1. The topological polar surface area (TPSA) is 69.0 Å². The highest BCUT2D eigenvalue weighted by molar-refractivity contribution is 5.94. The van der Waals surface area contributed by atoms with Gasteiger partial charge in [-0.05, 0) is 44.4 Å². The van der Waals surface area contributed by atoms with Gasteiger partial charge in [0, 0.05) is 18.1 Å². The Morgan fingerprint density at radius 2 is 2.12 bits per heavy atom. The van der Waals surface area contributed by atoms with Gasteiger partial charge in [0.2, 0.25) is 0 Å². The molecule has 0 spiro atoms. The first-order valence-corrected chi connectivity index (χ1v) is 8.48. The minimum Gasteiger partial charge on any atom is -0.368 e. The number of fused-ring (bicyclic) bond motifs is 1. The highest BCUT2D eigenvalue weighted by Crippen LogP contribution is 2.23. The number of hydrogen-bond donors (Lipinski definition) is 1. The van der Waals surface area contributed by atoms with Crippen molar-refractivity contribution in [3.05, 3.63) is 47.7 Å². The maximum atomic E-state index is 12.4. The molecule has 1 aromatic carbocycles. The molecule has 6 nitrogen and oxygen atoms in total. The zero-order chi connectivity index (χ0) is 17.4. The zero-order valence-electron chi connectivity index (χ0n) is 14.3. The summed E-state index contributed by atoms with van der Waals surface area (Å²) >= 11 is 0. The number of carbonyl (C=O) groups is 1. The maximum Gasteiger partial charge on any atom is 0.254 e. The number of hydrogen-bond acceptors (Lipinski definition) is 4. The Morgan fingerprint density at radius 1 is 1.28 bits per heavy atom. The summed E-state index contributed by atoms with van der Waals surface area (Å²) in [6.45, 7) is 4.59. The summed E-state index contributed by atoms with van der Waals surface area (Å²) in [5.41, 5.74) is 2.84. The van der Waals surface area contributed by atoms with E-state index in [-0.39, 0.29) is 12.0 Å². The number of aryl methyl sites for hydroxylation is 2. The number of nitrogens with one attached hydrogen (secondary N) is 1. The smallest absolute Gasteiger partial charge is 0.254 e. The Labute approximate surface area is 145 Å². The Hall–Kier alpha value is -2.73. The molecular formula is C19H20N4O2. The second-order valence-electron chi connectivity index (χ2n) is 6.39. The summed E-state index contributed by atoms with van der Waals surface area (Å²) in [6.07, 6.45) is 1.30. The Bertz CT molecular complexity index is 942. The van der Waals surface area contributed by atoms with Crippen LogP contribution < -0.4 is 5.32 Å². The standard InChI is InChI=1S/C19H20N4O2/c1-12-10-17(20-15-7-4-3-6-14(12)15)23-18(11-13(2)22-23)21-19(24)16-8-5-9-25-16/h3-4,6-7,10-11,16H,5,8-9H2,1-2H3,(H,21,24). The van der Waals surface area contributed by atoms with Crippen molar-refractivity contribution >= 4 is 22.6 Å².